The minimum Gasteiger partial charge on any atom is -0.344 e. The first kappa shape index (κ1) is 43.1. The number of carbonyl (C=O) groups is 5. The Morgan fingerprint density at radius 3 is 2.25 bits per heavy atom. The molecule has 0 radical (unpaired) electrons. The maximum atomic E-state index is 14.3. The van der Waals surface area contributed by atoms with Crippen LogP contribution in [0.3, 0.4) is 0 Å². The zero-order valence-corrected chi connectivity index (χ0v) is 33.8. The number of rotatable bonds is 20. The van der Waals surface area contributed by atoms with Gasteiger partial charge in [0.25, 0.3) is 15.9 Å². The van der Waals surface area contributed by atoms with Gasteiger partial charge in [0.15, 0.2) is 0 Å². The number of Topliss-reactive ketones (excluding diaryl/α,β-unsaturated/α-hetero) is 1. The molecular formula is C37H60N6O7S2. The molecule has 15 heteroatoms. The molecular weight excluding hydrogens is 705 g/mol. The highest BCUT2D eigenvalue weighted by atomic mass is 32.2. The Morgan fingerprint density at radius 1 is 1.02 bits per heavy atom. The fourth-order valence-corrected chi connectivity index (χ4v) is 9.50. The van der Waals surface area contributed by atoms with Crippen molar-refractivity contribution in [2.75, 3.05) is 20.1 Å². The van der Waals surface area contributed by atoms with Crippen LogP contribution in [0.25, 0.3) is 0 Å². The van der Waals surface area contributed by atoms with Crippen LogP contribution in [-0.4, -0.2) is 91.5 Å². The molecule has 2 fully saturated rings. The number of likely N-dealkylation sites (tertiary alicyclic amines) is 1. The summed E-state index contributed by atoms with van der Waals surface area (Å²) in [5.74, 6) is -2.62. The number of urea groups is 1. The molecule has 2 heterocycles. The molecule has 5 amide bonds. The van der Waals surface area contributed by atoms with Gasteiger partial charge in [0.1, 0.15) is 16.3 Å². The number of thiophene rings is 1. The Kier molecular flexibility index (Phi) is 15.0. The smallest absolute Gasteiger partial charge is 0.315 e. The molecule has 1 saturated carbocycles. The van der Waals surface area contributed by atoms with Gasteiger partial charge in [-0.25, -0.2) is 13.2 Å². The van der Waals surface area contributed by atoms with Crippen LogP contribution >= 0.6 is 11.3 Å². The molecule has 1 aromatic heterocycles. The number of sulfonamides is 1. The molecule has 0 bridgehead atoms. The molecule has 1 aromatic rings. The summed E-state index contributed by atoms with van der Waals surface area (Å²) in [4.78, 5) is 69.2. The first-order valence-corrected chi connectivity index (χ1v) is 20.8. The predicted octanol–water partition coefficient (Wildman–Crippen LogP) is 4.41. The average molecular weight is 765 g/mol. The number of piperidine rings is 1. The van der Waals surface area contributed by atoms with Gasteiger partial charge in [0.05, 0.1) is 6.04 Å². The van der Waals surface area contributed by atoms with Crippen molar-refractivity contribution >= 4 is 50.9 Å². The standard InChI is InChI=1S/C37H60N6O7S2/c1-10-13-15-16-19-25(31(44)33(46)38-12-3)39-32(45)30-29-24(37(29,7)8)22-43(30)34(47)26(18-14-11-2)40-35(48)41-27(36(4,5)6)23-42(9)52(49,50)28-20-17-21-51-28/h12,17,20-21,24-27,29-30H,3,10-11,13-16,18-19,22-23H2,1-2,4-9H3,(H,38,46)(H,39,45)(H2,40,41,48)/t24-,25-,26-,27+,29-,30-/m0/s1. The van der Waals surface area contributed by atoms with E-state index in [2.05, 4.69) is 48.6 Å². The summed E-state index contributed by atoms with van der Waals surface area (Å²) >= 11 is 1.12. The third-order valence-electron chi connectivity index (χ3n) is 10.6. The van der Waals surface area contributed by atoms with Gasteiger partial charge in [-0.2, -0.15) is 4.31 Å². The third kappa shape index (κ3) is 10.4. The molecule has 52 heavy (non-hydrogen) atoms. The minimum atomic E-state index is -3.77. The molecule has 292 valence electrons. The summed E-state index contributed by atoms with van der Waals surface area (Å²) in [5.41, 5.74) is -0.754. The van der Waals surface area contributed by atoms with E-state index < -0.39 is 69.1 Å². The van der Waals surface area contributed by atoms with E-state index >= 15 is 0 Å². The maximum Gasteiger partial charge on any atom is 0.315 e. The molecule has 2 aliphatic rings. The minimum absolute atomic E-state index is 0.000687. The Hall–Kier alpha value is -3.30. The highest BCUT2D eigenvalue weighted by Gasteiger charge is 2.69. The van der Waals surface area contributed by atoms with Crippen molar-refractivity contribution in [3.8, 4) is 0 Å². The number of nitrogens with zero attached hydrogens (tertiary/aromatic N) is 2. The van der Waals surface area contributed by atoms with E-state index in [1.165, 1.54) is 22.3 Å². The summed E-state index contributed by atoms with van der Waals surface area (Å²) in [6.45, 7) is 17.6. The molecule has 6 atom stereocenters. The highest BCUT2D eigenvalue weighted by molar-refractivity contribution is 7.91. The van der Waals surface area contributed by atoms with E-state index in [1.54, 1.807) is 11.4 Å². The lowest BCUT2D eigenvalue weighted by Crippen LogP contribution is -2.60. The fraction of sp³-hybridized carbons (Fsp3) is 0.703. The second-order valence-electron chi connectivity index (χ2n) is 15.8. The van der Waals surface area contributed by atoms with Crippen LogP contribution in [0.5, 0.6) is 0 Å². The first-order valence-electron chi connectivity index (χ1n) is 18.5. The van der Waals surface area contributed by atoms with Gasteiger partial charge in [-0.15, -0.1) is 11.3 Å². The number of fused-ring (bicyclic) bond motifs is 1. The first-order chi connectivity index (χ1) is 24.3. The number of carbonyl (C=O) groups excluding carboxylic acids is 5. The van der Waals surface area contributed by atoms with Gasteiger partial charge in [0.2, 0.25) is 17.6 Å². The lowest BCUT2D eigenvalue weighted by atomic mass is 9.87. The van der Waals surface area contributed by atoms with Crippen LogP contribution in [0, 0.1) is 22.7 Å². The molecule has 4 N–H and O–H groups in total. The normalized spacial score (nSPS) is 21.0. The summed E-state index contributed by atoms with van der Waals surface area (Å²) in [7, 11) is -2.29. The van der Waals surface area contributed by atoms with E-state index in [0.29, 0.717) is 25.8 Å². The largest absolute Gasteiger partial charge is 0.344 e. The Balaban J connectivity index is 1.81. The molecule has 1 aliphatic carbocycles. The number of unbranched alkanes of at least 4 members (excludes halogenated alkanes) is 4. The molecule has 1 saturated heterocycles. The van der Waals surface area contributed by atoms with Crippen molar-refractivity contribution in [1.82, 2.24) is 30.5 Å². The summed E-state index contributed by atoms with van der Waals surface area (Å²) in [5, 5.41) is 12.6. The monoisotopic (exact) mass is 764 g/mol. The topological polar surface area (TPSA) is 174 Å². The Morgan fingerprint density at radius 2 is 1.67 bits per heavy atom. The molecule has 0 aromatic carbocycles. The number of hydrogen-bond donors (Lipinski definition) is 4. The zero-order chi connectivity index (χ0) is 39.0. The number of ketones is 1. The highest BCUT2D eigenvalue weighted by Crippen LogP contribution is 2.65. The Labute approximate surface area is 314 Å². The number of hydrogen-bond acceptors (Lipinski definition) is 8. The van der Waals surface area contributed by atoms with Gasteiger partial charge >= 0.3 is 6.03 Å². The van der Waals surface area contributed by atoms with Crippen molar-refractivity contribution in [3.05, 3.63) is 30.3 Å². The molecule has 1 aliphatic heterocycles. The van der Waals surface area contributed by atoms with E-state index in [9.17, 15) is 32.4 Å². The molecule has 13 nitrogen and oxygen atoms in total. The lowest BCUT2D eigenvalue weighted by Gasteiger charge is -2.36. The third-order valence-corrected chi connectivity index (χ3v) is 13.8. The second kappa shape index (κ2) is 18.2. The quantitative estimate of drug-likeness (QED) is 0.112. The van der Waals surface area contributed by atoms with E-state index in [0.717, 1.165) is 43.2 Å². The van der Waals surface area contributed by atoms with Crippen LogP contribution in [0.4, 0.5) is 4.79 Å². The lowest BCUT2D eigenvalue weighted by molar-refractivity contribution is -0.144. The van der Waals surface area contributed by atoms with Crippen molar-refractivity contribution in [2.24, 2.45) is 22.7 Å². The average Bonchev–Trinajstić information content (AvgIpc) is 3.53. The number of likely N-dealkylation sites (N-methyl/N-ethyl adjacent to an activating group) is 1. The summed E-state index contributed by atoms with van der Waals surface area (Å²) < 4.78 is 27.8. The van der Waals surface area contributed by atoms with Gasteiger partial charge in [0, 0.05) is 26.2 Å². The van der Waals surface area contributed by atoms with Gasteiger partial charge in [-0.1, -0.05) is 99.6 Å². The number of nitrogens with one attached hydrogen (secondary N) is 4. The predicted molar refractivity (Wildman–Crippen MR) is 203 cm³/mol. The molecule has 3 rings (SSSR count). The van der Waals surface area contributed by atoms with E-state index in [1.807, 2.05) is 27.7 Å². The number of amides is 5. The Bertz CT molecular complexity index is 1540. The van der Waals surface area contributed by atoms with Crippen LogP contribution in [0.15, 0.2) is 34.5 Å². The van der Waals surface area contributed by atoms with Gasteiger partial charge in [-0.05, 0) is 53.2 Å². The summed E-state index contributed by atoms with van der Waals surface area (Å²) in [6.07, 6.45) is 6.56. The van der Waals surface area contributed by atoms with Crippen molar-refractivity contribution < 1.29 is 32.4 Å². The van der Waals surface area contributed by atoms with Crippen LogP contribution in [0.2, 0.25) is 0 Å². The maximum absolute atomic E-state index is 14.3. The molecule has 0 unspecified atom stereocenters. The van der Waals surface area contributed by atoms with Crippen molar-refractivity contribution in [1.29, 1.82) is 0 Å². The second-order valence-corrected chi connectivity index (χ2v) is 19.0. The van der Waals surface area contributed by atoms with E-state index in [-0.39, 0.29) is 34.4 Å². The van der Waals surface area contributed by atoms with Gasteiger partial charge in [-0.3, -0.25) is 19.2 Å². The van der Waals surface area contributed by atoms with Crippen molar-refractivity contribution in [3.63, 3.8) is 0 Å². The molecule has 0 spiro atoms. The van der Waals surface area contributed by atoms with Crippen LogP contribution in [-0.2, 0) is 29.2 Å². The zero-order valence-electron chi connectivity index (χ0n) is 32.1. The summed E-state index contributed by atoms with van der Waals surface area (Å²) in [6, 6.07) is -0.916. The van der Waals surface area contributed by atoms with Crippen molar-refractivity contribution in [2.45, 2.75) is 128 Å². The fourth-order valence-electron chi connectivity index (χ4n) is 7.12. The SMILES string of the molecule is C=CNC(=O)C(=O)[C@H](CCCCCC)NC(=O)[C@@H]1[C@@H]2[C@H](CN1C(=O)[C@H](CCCC)NC(=O)N[C@H](CN(C)S(=O)(=O)c1cccs1)C(C)(C)C)C2(C)C. The van der Waals surface area contributed by atoms with Crippen LogP contribution < -0.4 is 21.3 Å². The van der Waals surface area contributed by atoms with E-state index in [4.69, 9.17) is 0 Å². The van der Waals surface area contributed by atoms with Crippen LogP contribution in [0.1, 0.15) is 99.8 Å². The van der Waals surface area contributed by atoms with Gasteiger partial charge < -0.3 is 26.2 Å².